The minimum atomic E-state index is -0.714. The van der Waals surface area contributed by atoms with Crippen LogP contribution in [-0.4, -0.2) is 20.1 Å². The molecule has 1 aliphatic rings. The molecule has 1 N–H and O–H groups in total. The molecule has 0 fully saturated rings. The second kappa shape index (κ2) is 5.97. The maximum atomic E-state index is 12.8. The van der Waals surface area contributed by atoms with Gasteiger partial charge in [-0.15, -0.1) is 0 Å². The first kappa shape index (κ1) is 14.7. The van der Waals surface area contributed by atoms with Gasteiger partial charge in [-0.05, 0) is 0 Å². The second-order valence-corrected chi connectivity index (χ2v) is 8.40. The minimum absolute atomic E-state index is 0.0806. The number of benzene rings is 2. The van der Waals surface area contributed by atoms with E-state index in [1.807, 2.05) is 36.4 Å². The van der Waals surface area contributed by atoms with Gasteiger partial charge in [-0.1, -0.05) is 0 Å². The Hall–Kier alpha value is -1.87. The number of para-hydroxylation sites is 1. The molecule has 4 heteroatoms. The van der Waals surface area contributed by atoms with Gasteiger partial charge < -0.3 is 0 Å². The van der Waals surface area contributed by atoms with Crippen LogP contribution < -0.4 is 9.89 Å². The molecule has 0 saturated carbocycles. The van der Waals surface area contributed by atoms with Crippen LogP contribution in [0.1, 0.15) is 35.1 Å². The van der Waals surface area contributed by atoms with Crippen molar-refractivity contribution in [3.05, 3.63) is 76.1 Å². The van der Waals surface area contributed by atoms with Gasteiger partial charge in [0.05, 0.1) is 0 Å². The van der Waals surface area contributed by atoms with E-state index >= 15 is 0 Å². The molecule has 0 spiro atoms. The average molecular weight is 371 g/mol. The molecular formula is C19H16O3Se. The molecule has 3 aromatic rings. The normalized spacial score (nSPS) is 20.4. The van der Waals surface area contributed by atoms with Gasteiger partial charge in [-0.2, -0.15) is 0 Å². The van der Waals surface area contributed by atoms with E-state index in [2.05, 4.69) is 12.1 Å². The van der Waals surface area contributed by atoms with Crippen molar-refractivity contribution in [3.63, 3.8) is 0 Å². The van der Waals surface area contributed by atoms with Crippen LogP contribution in [0.4, 0.5) is 0 Å². The molecule has 0 aliphatic heterocycles. The van der Waals surface area contributed by atoms with Gasteiger partial charge in [-0.3, -0.25) is 0 Å². The van der Waals surface area contributed by atoms with E-state index in [0.717, 1.165) is 6.42 Å². The van der Waals surface area contributed by atoms with Crippen LogP contribution in [0.2, 0.25) is 0 Å². The van der Waals surface area contributed by atoms with E-state index in [1.54, 1.807) is 6.07 Å². The first-order chi connectivity index (χ1) is 11.2. The third-order valence-corrected chi connectivity index (χ3v) is 6.89. The van der Waals surface area contributed by atoms with Crippen molar-refractivity contribution >= 4 is 30.4 Å². The fraction of sp³-hybridized carbons (Fsp3) is 0.211. The summed E-state index contributed by atoms with van der Waals surface area (Å²) in [7, 11) is 0. The van der Waals surface area contributed by atoms with E-state index in [0.29, 0.717) is 28.7 Å². The van der Waals surface area contributed by atoms with Crippen LogP contribution in [0.3, 0.4) is 0 Å². The molecule has 0 radical (unpaired) electrons. The summed E-state index contributed by atoms with van der Waals surface area (Å²) in [5.74, 6) is 0.691. The van der Waals surface area contributed by atoms with Gasteiger partial charge >= 0.3 is 140 Å². The van der Waals surface area contributed by atoms with Gasteiger partial charge in [0.15, 0.2) is 0 Å². The fourth-order valence-electron chi connectivity index (χ4n) is 3.09. The van der Waals surface area contributed by atoms with Gasteiger partial charge in [0, 0.05) is 0 Å². The standard InChI is InChI=1S/C19H16O3Se/c20-14-10-11-16(23-12-6-2-1-3-7-12)19-17(14)18(21)13-8-4-5-9-15(13)22-19/h1-9,14,16,20H,10-11H2/t14-,16+/m0/s1. The van der Waals surface area contributed by atoms with Gasteiger partial charge in [-0.25, -0.2) is 0 Å². The maximum absolute atomic E-state index is 12.8. The Bertz CT molecular complexity index is 901. The van der Waals surface area contributed by atoms with Crippen LogP contribution in [0.25, 0.3) is 11.0 Å². The number of rotatable bonds is 2. The SMILES string of the molecule is O=c1c2c(oc3ccccc13)[C@H]([Se]c1ccccc1)CC[C@@H]2O. The van der Waals surface area contributed by atoms with Crippen LogP contribution in [-0.2, 0) is 0 Å². The Morgan fingerprint density at radius 1 is 1.00 bits per heavy atom. The zero-order chi connectivity index (χ0) is 15.8. The molecule has 0 bridgehead atoms. The molecule has 1 aliphatic carbocycles. The van der Waals surface area contributed by atoms with Crippen molar-refractivity contribution in [1.29, 1.82) is 0 Å². The predicted octanol–water partition coefficient (Wildman–Crippen LogP) is 2.69. The molecule has 0 unspecified atom stereocenters. The summed E-state index contributed by atoms with van der Waals surface area (Å²) in [5, 5.41) is 10.9. The number of hydrogen-bond acceptors (Lipinski definition) is 3. The van der Waals surface area contributed by atoms with Gasteiger partial charge in [0.2, 0.25) is 0 Å². The first-order valence-corrected chi connectivity index (χ1v) is 9.54. The van der Waals surface area contributed by atoms with Crippen molar-refractivity contribution in [2.45, 2.75) is 23.8 Å². The first-order valence-electron chi connectivity index (χ1n) is 7.69. The van der Waals surface area contributed by atoms with Crippen molar-refractivity contribution in [1.82, 2.24) is 0 Å². The van der Waals surface area contributed by atoms with Crippen molar-refractivity contribution in [3.8, 4) is 0 Å². The topological polar surface area (TPSA) is 50.4 Å². The summed E-state index contributed by atoms with van der Waals surface area (Å²) in [5.41, 5.74) is 1.000. The summed E-state index contributed by atoms with van der Waals surface area (Å²) in [6.07, 6.45) is 0.758. The van der Waals surface area contributed by atoms with E-state index in [9.17, 15) is 9.90 Å². The van der Waals surface area contributed by atoms with Crippen LogP contribution >= 0.6 is 0 Å². The Labute approximate surface area is 140 Å². The van der Waals surface area contributed by atoms with Gasteiger partial charge in [0.1, 0.15) is 0 Å². The van der Waals surface area contributed by atoms with Crippen LogP contribution in [0.5, 0.6) is 0 Å². The van der Waals surface area contributed by atoms with Gasteiger partial charge in [0.25, 0.3) is 0 Å². The van der Waals surface area contributed by atoms with E-state index in [1.165, 1.54) is 4.46 Å². The fourth-order valence-corrected chi connectivity index (χ4v) is 5.56. The number of aliphatic hydroxyl groups is 1. The van der Waals surface area contributed by atoms with Crippen molar-refractivity contribution in [2.75, 3.05) is 0 Å². The summed E-state index contributed by atoms with van der Waals surface area (Å²) in [6.45, 7) is 0. The van der Waals surface area contributed by atoms with E-state index in [4.69, 9.17) is 4.42 Å². The zero-order valence-corrected chi connectivity index (χ0v) is 14.2. The molecule has 0 amide bonds. The summed E-state index contributed by atoms with van der Waals surface area (Å²) < 4.78 is 7.36. The summed E-state index contributed by atoms with van der Waals surface area (Å²) in [6, 6.07) is 17.6. The molecule has 116 valence electrons. The molecule has 3 nitrogen and oxygen atoms in total. The Kier molecular flexibility index (Phi) is 3.82. The van der Waals surface area contributed by atoms with E-state index in [-0.39, 0.29) is 25.2 Å². The van der Waals surface area contributed by atoms with Crippen molar-refractivity contribution in [2.24, 2.45) is 0 Å². The molecular weight excluding hydrogens is 355 g/mol. The number of hydrogen-bond donors (Lipinski definition) is 1. The second-order valence-electron chi connectivity index (χ2n) is 5.72. The summed E-state index contributed by atoms with van der Waals surface area (Å²) >= 11 is 0.175. The molecule has 23 heavy (non-hydrogen) atoms. The molecule has 0 saturated heterocycles. The average Bonchev–Trinajstić information content (AvgIpc) is 2.58. The van der Waals surface area contributed by atoms with Crippen molar-refractivity contribution < 1.29 is 9.52 Å². The Balaban J connectivity index is 1.85. The molecule has 2 aromatic carbocycles. The third kappa shape index (κ3) is 2.63. The number of fused-ring (bicyclic) bond motifs is 2. The Morgan fingerprint density at radius 3 is 2.57 bits per heavy atom. The predicted molar refractivity (Wildman–Crippen MR) is 91.2 cm³/mol. The monoisotopic (exact) mass is 372 g/mol. The Morgan fingerprint density at radius 2 is 1.74 bits per heavy atom. The van der Waals surface area contributed by atoms with Crippen LogP contribution in [0, 0.1) is 0 Å². The molecule has 2 atom stereocenters. The zero-order valence-electron chi connectivity index (χ0n) is 12.4. The molecule has 4 rings (SSSR count). The summed E-state index contributed by atoms with van der Waals surface area (Å²) in [4.78, 5) is 13.0. The quantitative estimate of drug-likeness (QED) is 0.705. The number of aliphatic hydroxyl groups excluding tert-OH is 1. The molecule has 1 heterocycles. The van der Waals surface area contributed by atoms with E-state index < -0.39 is 6.10 Å². The molecule has 1 aromatic heterocycles. The third-order valence-electron chi connectivity index (χ3n) is 4.21. The van der Waals surface area contributed by atoms with Crippen LogP contribution in [0.15, 0.2) is 63.8 Å².